The fraction of sp³-hybridized carbons (Fsp3) is 1.00. The van der Waals surface area contributed by atoms with Crippen LogP contribution in [0.2, 0.25) is 0 Å². The van der Waals surface area contributed by atoms with E-state index in [-0.39, 0.29) is 0 Å². The molecule has 0 amide bonds. The van der Waals surface area contributed by atoms with Crippen molar-refractivity contribution in [2.24, 2.45) is 11.7 Å². The lowest BCUT2D eigenvalue weighted by Crippen LogP contribution is -2.59. The summed E-state index contributed by atoms with van der Waals surface area (Å²) in [4.78, 5) is 0. The molecule has 0 aromatic rings. The molecule has 1 saturated carbocycles. The van der Waals surface area contributed by atoms with Gasteiger partial charge in [0.05, 0.1) is 0 Å². The molecule has 0 saturated heterocycles. The van der Waals surface area contributed by atoms with E-state index in [2.05, 4.69) is 10.9 Å². The first kappa shape index (κ1) is 5.97. The highest BCUT2D eigenvalue weighted by molar-refractivity contribution is 4.89. The molecule has 48 valence electrons. The Morgan fingerprint density at radius 1 is 1.00 bits per heavy atom. The summed E-state index contributed by atoms with van der Waals surface area (Å²) in [6.07, 6.45) is 2.26. The molecule has 1 aliphatic rings. The van der Waals surface area contributed by atoms with Gasteiger partial charge in [0.15, 0.2) is 0 Å². The van der Waals surface area contributed by atoms with E-state index < -0.39 is 0 Å². The molecule has 2 unspecified atom stereocenters. The molecule has 0 aliphatic heterocycles. The Kier molecular flexibility index (Phi) is 1.80. The van der Waals surface area contributed by atoms with Crippen LogP contribution in [0.3, 0.4) is 0 Å². The molecule has 1 aliphatic carbocycles. The molecular weight excluding hydrogens is 104 g/mol. The summed E-state index contributed by atoms with van der Waals surface area (Å²) < 4.78 is 0. The van der Waals surface area contributed by atoms with E-state index in [1.165, 1.54) is 0 Å². The van der Waals surface area contributed by atoms with E-state index in [1.807, 2.05) is 0 Å². The van der Waals surface area contributed by atoms with Gasteiger partial charge in [-0.3, -0.25) is 22.5 Å². The zero-order chi connectivity index (χ0) is 5.98. The minimum Gasteiger partial charge on any atom is -0.271 e. The highest BCUT2D eigenvalue weighted by atomic mass is 15.3. The predicted octanol–water partition coefficient (Wildman–Crippen LogP) is -1.56. The molecule has 4 nitrogen and oxygen atoms in total. The lowest BCUT2D eigenvalue weighted by molar-refractivity contribution is 0.243. The van der Waals surface area contributed by atoms with Crippen molar-refractivity contribution in [2.45, 2.75) is 24.9 Å². The number of hydrogen-bond donors (Lipinski definition) is 4. The van der Waals surface area contributed by atoms with Crippen molar-refractivity contribution in [3.63, 3.8) is 0 Å². The van der Waals surface area contributed by atoms with Gasteiger partial charge < -0.3 is 0 Å². The van der Waals surface area contributed by atoms with Gasteiger partial charge >= 0.3 is 0 Å². The molecule has 0 aromatic carbocycles. The smallest absolute Gasteiger partial charge is 0.0378 e. The second kappa shape index (κ2) is 2.41. The molecule has 1 fully saturated rings. The number of hydrazine groups is 2. The summed E-state index contributed by atoms with van der Waals surface area (Å²) >= 11 is 0. The third-order valence-electron chi connectivity index (χ3n) is 1.70. The largest absolute Gasteiger partial charge is 0.271 e. The van der Waals surface area contributed by atoms with E-state index in [9.17, 15) is 0 Å². The molecular formula is C4H12N4. The van der Waals surface area contributed by atoms with Crippen molar-refractivity contribution in [3.05, 3.63) is 0 Å². The van der Waals surface area contributed by atoms with Gasteiger partial charge in [-0.25, -0.2) is 0 Å². The van der Waals surface area contributed by atoms with Crippen LogP contribution in [-0.2, 0) is 0 Å². The molecule has 4 heteroatoms. The first-order chi connectivity index (χ1) is 3.88. The molecule has 0 radical (unpaired) electrons. The van der Waals surface area contributed by atoms with Gasteiger partial charge in [-0.15, -0.1) is 0 Å². The Morgan fingerprint density at radius 3 is 1.50 bits per heavy atom. The minimum absolute atomic E-state index is 0.389. The zero-order valence-corrected chi connectivity index (χ0v) is 4.72. The normalized spacial score (nSPS) is 36.8. The van der Waals surface area contributed by atoms with Crippen LogP contribution >= 0.6 is 0 Å². The third kappa shape index (κ3) is 0.830. The highest BCUT2D eigenvalue weighted by Gasteiger charge is 2.28. The van der Waals surface area contributed by atoms with Gasteiger partial charge in [0.2, 0.25) is 0 Å². The van der Waals surface area contributed by atoms with Crippen LogP contribution in [-0.4, -0.2) is 12.1 Å². The predicted molar refractivity (Wildman–Crippen MR) is 31.5 cm³/mol. The molecule has 0 bridgehead atoms. The maximum atomic E-state index is 5.15. The summed E-state index contributed by atoms with van der Waals surface area (Å²) in [5.41, 5.74) is 5.32. The van der Waals surface area contributed by atoms with Crippen molar-refractivity contribution < 1.29 is 0 Å². The number of nitrogens with two attached hydrogens (primary N) is 2. The number of nitrogens with one attached hydrogen (secondary N) is 2. The summed E-state index contributed by atoms with van der Waals surface area (Å²) in [5, 5.41) is 0. The third-order valence-corrected chi connectivity index (χ3v) is 1.70. The second-order valence-electron chi connectivity index (χ2n) is 2.12. The molecule has 2 atom stereocenters. The summed E-state index contributed by atoms with van der Waals surface area (Å²) in [5.74, 6) is 10.3. The Labute approximate surface area is 48.5 Å². The monoisotopic (exact) mass is 116 g/mol. The van der Waals surface area contributed by atoms with Crippen molar-refractivity contribution in [3.8, 4) is 0 Å². The lowest BCUT2D eigenvalue weighted by Gasteiger charge is -2.34. The Bertz CT molecular complexity index is 60.4. The number of rotatable bonds is 2. The minimum atomic E-state index is 0.389. The van der Waals surface area contributed by atoms with Crippen LogP contribution in [0.15, 0.2) is 0 Å². The van der Waals surface area contributed by atoms with Gasteiger partial charge in [0, 0.05) is 12.1 Å². The Balaban J connectivity index is 2.16. The standard InChI is InChI=1S/C4H12N4/c5-7-3-1-2-4(3)8-6/h3-4,7-8H,1-2,5-6H2. The Morgan fingerprint density at radius 2 is 1.38 bits per heavy atom. The fourth-order valence-electron chi connectivity index (χ4n) is 0.899. The van der Waals surface area contributed by atoms with E-state index in [0.717, 1.165) is 12.8 Å². The number of hydrogen-bond acceptors (Lipinski definition) is 4. The average Bonchev–Trinajstić information content (AvgIpc) is 1.66. The van der Waals surface area contributed by atoms with Crippen LogP contribution in [0.1, 0.15) is 12.8 Å². The topological polar surface area (TPSA) is 76.1 Å². The van der Waals surface area contributed by atoms with Crippen molar-refractivity contribution in [2.75, 3.05) is 0 Å². The Hall–Kier alpha value is -0.160. The van der Waals surface area contributed by atoms with Crippen LogP contribution in [0.4, 0.5) is 0 Å². The van der Waals surface area contributed by atoms with Crippen LogP contribution in [0.5, 0.6) is 0 Å². The van der Waals surface area contributed by atoms with Crippen LogP contribution in [0, 0.1) is 0 Å². The van der Waals surface area contributed by atoms with Gasteiger partial charge in [0.1, 0.15) is 0 Å². The lowest BCUT2D eigenvalue weighted by atomic mass is 9.88. The maximum Gasteiger partial charge on any atom is 0.0378 e. The fourth-order valence-corrected chi connectivity index (χ4v) is 0.899. The van der Waals surface area contributed by atoms with Crippen LogP contribution in [0.25, 0.3) is 0 Å². The molecule has 0 spiro atoms. The van der Waals surface area contributed by atoms with E-state index >= 15 is 0 Å². The van der Waals surface area contributed by atoms with Crippen LogP contribution < -0.4 is 22.5 Å². The molecule has 0 aromatic heterocycles. The average molecular weight is 116 g/mol. The van der Waals surface area contributed by atoms with Gasteiger partial charge in [-0.05, 0) is 12.8 Å². The SMILES string of the molecule is NNC1CCC1NN. The molecule has 1 rings (SSSR count). The zero-order valence-electron chi connectivity index (χ0n) is 4.72. The summed E-state index contributed by atoms with van der Waals surface area (Å²) in [6, 6.07) is 0.778. The van der Waals surface area contributed by atoms with E-state index in [4.69, 9.17) is 11.7 Å². The molecule has 6 N–H and O–H groups in total. The molecule has 8 heavy (non-hydrogen) atoms. The quantitative estimate of drug-likeness (QED) is 0.260. The summed E-state index contributed by atoms with van der Waals surface area (Å²) in [7, 11) is 0. The first-order valence-corrected chi connectivity index (χ1v) is 2.80. The van der Waals surface area contributed by atoms with Crippen molar-refractivity contribution in [1.82, 2.24) is 10.9 Å². The highest BCUT2D eigenvalue weighted by Crippen LogP contribution is 2.17. The van der Waals surface area contributed by atoms with Crippen molar-refractivity contribution >= 4 is 0 Å². The van der Waals surface area contributed by atoms with Gasteiger partial charge in [-0.2, -0.15) is 0 Å². The molecule has 0 heterocycles. The van der Waals surface area contributed by atoms with Gasteiger partial charge in [-0.1, -0.05) is 0 Å². The maximum absolute atomic E-state index is 5.15. The van der Waals surface area contributed by atoms with E-state index in [0.29, 0.717) is 12.1 Å². The van der Waals surface area contributed by atoms with E-state index in [1.54, 1.807) is 0 Å². The summed E-state index contributed by atoms with van der Waals surface area (Å²) in [6.45, 7) is 0. The second-order valence-corrected chi connectivity index (χ2v) is 2.12. The van der Waals surface area contributed by atoms with Crippen molar-refractivity contribution in [1.29, 1.82) is 0 Å². The van der Waals surface area contributed by atoms with Gasteiger partial charge in [0.25, 0.3) is 0 Å². The first-order valence-electron chi connectivity index (χ1n) is 2.80.